The van der Waals surface area contributed by atoms with Crippen molar-refractivity contribution in [3.05, 3.63) is 35.2 Å². The summed E-state index contributed by atoms with van der Waals surface area (Å²) in [6.45, 7) is 2.78. The number of ether oxygens (including phenoxy) is 1. The number of hydrogen-bond donors (Lipinski definition) is 0. The van der Waals surface area contributed by atoms with E-state index in [0.717, 1.165) is 22.6 Å². The molecule has 0 unspecified atom stereocenters. The van der Waals surface area contributed by atoms with Crippen molar-refractivity contribution in [3.63, 3.8) is 0 Å². The van der Waals surface area contributed by atoms with Crippen molar-refractivity contribution in [3.8, 4) is 11.5 Å². The standard InChI is InChI=1S/C16H16N4O2S/c21-15(19-5-7-22-8-6-19)9-20-14-4-2-1-3-12(14)18-16(20)13-10-23-11-17-13/h1-4,10-11H,5-9H2. The Morgan fingerprint density at radius 1 is 1.26 bits per heavy atom. The summed E-state index contributed by atoms with van der Waals surface area (Å²) < 4.78 is 7.28. The van der Waals surface area contributed by atoms with Crippen LogP contribution in [0.4, 0.5) is 0 Å². The molecule has 3 aromatic rings. The van der Waals surface area contributed by atoms with E-state index >= 15 is 0 Å². The number of rotatable bonds is 3. The lowest BCUT2D eigenvalue weighted by Crippen LogP contribution is -2.42. The van der Waals surface area contributed by atoms with Crippen LogP contribution in [0.5, 0.6) is 0 Å². The lowest BCUT2D eigenvalue weighted by atomic mass is 10.3. The Kier molecular flexibility index (Phi) is 3.80. The zero-order valence-corrected chi connectivity index (χ0v) is 13.3. The van der Waals surface area contributed by atoms with Crippen LogP contribution >= 0.6 is 11.3 Å². The number of hydrogen-bond acceptors (Lipinski definition) is 5. The number of nitrogens with zero attached hydrogens (tertiary/aromatic N) is 4. The van der Waals surface area contributed by atoms with E-state index in [1.165, 1.54) is 11.3 Å². The molecule has 0 spiro atoms. The second-order valence-electron chi connectivity index (χ2n) is 5.38. The molecular weight excluding hydrogens is 312 g/mol. The summed E-state index contributed by atoms with van der Waals surface area (Å²) in [7, 11) is 0. The molecule has 1 aromatic carbocycles. The van der Waals surface area contributed by atoms with Crippen molar-refractivity contribution in [2.45, 2.75) is 6.54 Å². The number of imidazole rings is 1. The van der Waals surface area contributed by atoms with Crippen LogP contribution in [0, 0.1) is 0 Å². The van der Waals surface area contributed by atoms with E-state index < -0.39 is 0 Å². The van der Waals surface area contributed by atoms with E-state index in [9.17, 15) is 4.79 Å². The first-order valence-electron chi connectivity index (χ1n) is 7.52. The molecule has 1 aliphatic rings. The van der Waals surface area contributed by atoms with Gasteiger partial charge in [0, 0.05) is 18.5 Å². The summed E-state index contributed by atoms with van der Waals surface area (Å²) in [4.78, 5) is 23.5. The summed E-state index contributed by atoms with van der Waals surface area (Å²) in [6.07, 6.45) is 0. The SMILES string of the molecule is O=C(Cn1c(-c2cscn2)nc2ccccc21)N1CCOCC1. The smallest absolute Gasteiger partial charge is 0.242 e. The van der Waals surface area contributed by atoms with Crippen molar-refractivity contribution in [2.75, 3.05) is 26.3 Å². The number of carbonyl (C=O) groups is 1. The van der Waals surface area contributed by atoms with Crippen LogP contribution in [0.1, 0.15) is 0 Å². The molecule has 0 N–H and O–H groups in total. The molecule has 7 heteroatoms. The number of fused-ring (bicyclic) bond motifs is 1. The highest BCUT2D eigenvalue weighted by atomic mass is 32.1. The quantitative estimate of drug-likeness (QED) is 0.738. The number of morpholine rings is 1. The predicted molar refractivity (Wildman–Crippen MR) is 88.2 cm³/mol. The van der Waals surface area contributed by atoms with Crippen LogP contribution in [0.25, 0.3) is 22.6 Å². The number of aromatic nitrogens is 3. The lowest BCUT2D eigenvalue weighted by molar-refractivity contribution is -0.135. The van der Waals surface area contributed by atoms with E-state index in [-0.39, 0.29) is 12.5 Å². The first-order chi connectivity index (χ1) is 11.3. The van der Waals surface area contributed by atoms with Crippen LogP contribution in [0.15, 0.2) is 35.2 Å². The summed E-state index contributed by atoms with van der Waals surface area (Å²) in [6, 6.07) is 7.87. The minimum atomic E-state index is 0.0907. The Balaban J connectivity index is 1.72. The minimum absolute atomic E-state index is 0.0907. The third kappa shape index (κ3) is 2.73. The van der Waals surface area contributed by atoms with Gasteiger partial charge in [0.15, 0.2) is 5.82 Å². The van der Waals surface area contributed by atoms with E-state index in [2.05, 4.69) is 9.97 Å². The van der Waals surface area contributed by atoms with Crippen LogP contribution in [-0.2, 0) is 16.1 Å². The van der Waals surface area contributed by atoms with Gasteiger partial charge in [0.05, 0.1) is 29.8 Å². The molecule has 4 rings (SSSR count). The van der Waals surface area contributed by atoms with Gasteiger partial charge in [-0.1, -0.05) is 12.1 Å². The largest absolute Gasteiger partial charge is 0.378 e. The molecule has 0 atom stereocenters. The molecule has 1 aliphatic heterocycles. The predicted octanol–water partition coefficient (Wildman–Crippen LogP) is 2.02. The van der Waals surface area contributed by atoms with Crippen molar-refractivity contribution >= 4 is 28.3 Å². The highest BCUT2D eigenvalue weighted by Gasteiger charge is 2.21. The monoisotopic (exact) mass is 328 g/mol. The van der Waals surface area contributed by atoms with Gasteiger partial charge in [-0.05, 0) is 12.1 Å². The van der Waals surface area contributed by atoms with Crippen molar-refractivity contribution in [1.29, 1.82) is 0 Å². The van der Waals surface area contributed by atoms with E-state index in [4.69, 9.17) is 4.74 Å². The Morgan fingerprint density at radius 2 is 2.09 bits per heavy atom. The van der Waals surface area contributed by atoms with Gasteiger partial charge in [0.25, 0.3) is 0 Å². The van der Waals surface area contributed by atoms with Crippen molar-refractivity contribution in [2.24, 2.45) is 0 Å². The second kappa shape index (κ2) is 6.10. The average molecular weight is 328 g/mol. The summed E-state index contributed by atoms with van der Waals surface area (Å²) in [5.41, 5.74) is 4.42. The fourth-order valence-corrected chi connectivity index (χ4v) is 3.33. The Morgan fingerprint density at radius 3 is 2.87 bits per heavy atom. The number of para-hydroxylation sites is 2. The Hall–Kier alpha value is -2.25. The maximum Gasteiger partial charge on any atom is 0.242 e. The zero-order valence-electron chi connectivity index (χ0n) is 12.5. The normalized spacial score (nSPS) is 15.2. The number of benzene rings is 1. The lowest BCUT2D eigenvalue weighted by Gasteiger charge is -2.27. The maximum atomic E-state index is 12.6. The third-order valence-electron chi connectivity index (χ3n) is 3.97. The van der Waals surface area contributed by atoms with E-state index in [1.807, 2.05) is 39.1 Å². The van der Waals surface area contributed by atoms with Gasteiger partial charge in [-0.15, -0.1) is 11.3 Å². The van der Waals surface area contributed by atoms with Crippen LogP contribution < -0.4 is 0 Å². The Labute approximate surface area is 137 Å². The van der Waals surface area contributed by atoms with Gasteiger partial charge in [0.2, 0.25) is 5.91 Å². The molecule has 1 fully saturated rings. The molecule has 1 saturated heterocycles. The molecular formula is C16H16N4O2S. The van der Waals surface area contributed by atoms with Gasteiger partial charge in [0.1, 0.15) is 12.2 Å². The molecule has 0 radical (unpaired) electrons. The summed E-state index contributed by atoms with van der Waals surface area (Å²) in [5, 5.41) is 1.96. The summed E-state index contributed by atoms with van der Waals surface area (Å²) >= 11 is 1.52. The minimum Gasteiger partial charge on any atom is -0.378 e. The number of thiazole rings is 1. The molecule has 3 heterocycles. The molecule has 6 nitrogen and oxygen atoms in total. The molecule has 2 aromatic heterocycles. The first-order valence-corrected chi connectivity index (χ1v) is 8.46. The molecule has 118 valence electrons. The highest BCUT2D eigenvalue weighted by Crippen LogP contribution is 2.24. The summed E-state index contributed by atoms with van der Waals surface area (Å²) in [5.74, 6) is 0.835. The van der Waals surface area contributed by atoms with Crippen molar-refractivity contribution in [1.82, 2.24) is 19.4 Å². The number of amides is 1. The average Bonchev–Trinajstić information content (AvgIpc) is 3.24. The topological polar surface area (TPSA) is 60.2 Å². The molecule has 0 saturated carbocycles. The number of carbonyl (C=O) groups excluding carboxylic acids is 1. The fraction of sp³-hybridized carbons (Fsp3) is 0.312. The van der Waals surface area contributed by atoms with Crippen LogP contribution in [-0.4, -0.2) is 51.6 Å². The van der Waals surface area contributed by atoms with Gasteiger partial charge in [-0.3, -0.25) is 4.79 Å². The zero-order chi connectivity index (χ0) is 15.6. The molecule has 1 amide bonds. The highest BCUT2D eigenvalue weighted by molar-refractivity contribution is 7.07. The van der Waals surface area contributed by atoms with E-state index in [0.29, 0.717) is 26.3 Å². The van der Waals surface area contributed by atoms with Gasteiger partial charge in [-0.25, -0.2) is 9.97 Å². The fourth-order valence-electron chi connectivity index (χ4n) is 2.80. The van der Waals surface area contributed by atoms with Crippen LogP contribution in [0.3, 0.4) is 0 Å². The molecule has 0 aliphatic carbocycles. The van der Waals surface area contributed by atoms with E-state index in [1.54, 1.807) is 5.51 Å². The van der Waals surface area contributed by atoms with Gasteiger partial charge >= 0.3 is 0 Å². The second-order valence-corrected chi connectivity index (χ2v) is 6.10. The van der Waals surface area contributed by atoms with Gasteiger partial charge in [-0.2, -0.15) is 0 Å². The first kappa shape index (κ1) is 14.3. The Bertz CT molecular complexity index is 822. The molecule has 0 bridgehead atoms. The molecule has 23 heavy (non-hydrogen) atoms. The van der Waals surface area contributed by atoms with Crippen molar-refractivity contribution < 1.29 is 9.53 Å². The maximum absolute atomic E-state index is 12.6. The third-order valence-corrected chi connectivity index (χ3v) is 4.56. The van der Waals surface area contributed by atoms with Gasteiger partial charge < -0.3 is 14.2 Å². The van der Waals surface area contributed by atoms with Crippen LogP contribution in [0.2, 0.25) is 0 Å².